The van der Waals surface area contributed by atoms with Gasteiger partial charge in [-0.2, -0.15) is 0 Å². The van der Waals surface area contributed by atoms with Crippen molar-refractivity contribution in [1.82, 2.24) is 10.6 Å². The lowest BCUT2D eigenvalue weighted by molar-refractivity contribution is -0.300. The van der Waals surface area contributed by atoms with E-state index >= 15 is 0 Å². The first-order valence-electron chi connectivity index (χ1n) is 8.97. The first-order valence-corrected chi connectivity index (χ1v) is 8.97. The van der Waals surface area contributed by atoms with Crippen molar-refractivity contribution in [3.63, 3.8) is 0 Å². The van der Waals surface area contributed by atoms with Crippen molar-refractivity contribution in [2.45, 2.75) is 82.0 Å². The fourth-order valence-electron chi connectivity index (χ4n) is 3.35. The molecule has 2 fully saturated rings. The molecule has 10 atom stereocenters. The van der Waals surface area contributed by atoms with Crippen LogP contribution in [-0.2, 0) is 28.6 Å². The molecule has 2 aliphatic heterocycles. The molecule has 2 aliphatic rings. The molecule has 2 heterocycles. The number of carboxylic acid groups (broad SMARTS) is 1. The lowest BCUT2D eigenvalue weighted by Gasteiger charge is -2.47. The Morgan fingerprint density at radius 3 is 2.03 bits per heavy atom. The lowest BCUT2D eigenvalue weighted by Crippen LogP contribution is -2.70. The second kappa shape index (κ2) is 9.30. The Balaban J connectivity index is 2.33. The summed E-state index contributed by atoms with van der Waals surface area (Å²) in [5.74, 6) is -2.68. The molecule has 0 aromatic rings. The second-order valence-corrected chi connectivity index (χ2v) is 7.11. The molecule has 0 aromatic carbocycles. The number of aliphatic carboxylic acids is 1. The van der Waals surface area contributed by atoms with Crippen LogP contribution < -0.4 is 16.4 Å². The van der Waals surface area contributed by atoms with Crippen molar-refractivity contribution >= 4 is 17.8 Å². The average Bonchev–Trinajstić information content (AvgIpc) is 2.60. The second-order valence-electron chi connectivity index (χ2n) is 7.11. The standard InChI is InChI=1S/C16H27N3O10/c1-4-7(17)12(9(15(26)27-4)19-6(3)21)28-16-8(18-5(2)20)10(22)11(23)13(29-16)14(24)25/h4,7-13,15-16,22-23,26H,17H2,1-3H3,(H,18,20)(H,19,21)(H,24,25)/t4-,7+,8-,9-,10-,11-,12+,13-,15-,16-/m1/s1. The Morgan fingerprint density at radius 2 is 1.52 bits per heavy atom. The van der Waals surface area contributed by atoms with Crippen LogP contribution in [0.4, 0.5) is 0 Å². The minimum atomic E-state index is -1.85. The van der Waals surface area contributed by atoms with Crippen LogP contribution in [0.3, 0.4) is 0 Å². The minimum absolute atomic E-state index is 0.519. The van der Waals surface area contributed by atoms with Crippen molar-refractivity contribution in [2.24, 2.45) is 5.73 Å². The molecule has 0 aliphatic carbocycles. The number of carboxylic acids is 1. The largest absolute Gasteiger partial charge is 0.479 e. The Labute approximate surface area is 166 Å². The Morgan fingerprint density at radius 1 is 0.966 bits per heavy atom. The van der Waals surface area contributed by atoms with Gasteiger partial charge in [-0.15, -0.1) is 0 Å². The van der Waals surface area contributed by atoms with Gasteiger partial charge in [0.1, 0.15) is 30.4 Å². The van der Waals surface area contributed by atoms with Crippen molar-refractivity contribution in [3.05, 3.63) is 0 Å². The van der Waals surface area contributed by atoms with Gasteiger partial charge >= 0.3 is 5.97 Å². The molecule has 8 N–H and O–H groups in total. The predicted octanol–water partition coefficient (Wildman–Crippen LogP) is -4.02. The number of hydrogen-bond donors (Lipinski definition) is 7. The minimum Gasteiger partial charge on any atom is -0.479 e. The van der Waals surface area contributed by atoms with E-state index in [1.165, 1.54) is 6.92 Å². The smallest absolute Gasteiger partial charge is 0.335 e. The van der Waals surface area contributed by atoms with Crippen molar-refractivity contribution in [2.75, 3.05) is 0 Å². The van der Waals surface area contributed by atoms with Gasteiger partial charge in [0.2, 0.25) is 11.8 Å². The number of nitrogens with one attached hydrogen (secondary N) is 2. The highest BCUT2D eigenvalue weighted by molar-refractivity contribution is 5.75. The van der Waals surface area contributed by atoms with E-state index in [2.05, 4.69) is 10.6 Å². The summed E-state index contributed by atoms with van der Waals surface area (Å²) < 4.78 is 16.3. The van der Waals surface area contributed by atoms with E-state index in [9.17, 15) is 34.8 Å². The summed E-state index contributed by atoms with van der Waals surface area (Å²) in [6.07, 6.45) is -10.3. The maximum absolute atomic E-state index is 11.5. The molecular weight excluding hydrogens is 394 g/mol. The summed E-state index contributed by atoms with van der Waals surface area (Å²) in [4.78, 5) is 34.4. The van der Waals surface area contributed by atoms with Gasteiger partial charge in [-0.05, 0) is 6.92 Å². The Kier molecular flexibility index (Phi) is 7.50. The van der Waals surface area contributed by atoms with Gasteiger partial charge in [0, 0.05) is 13.8 Å². The molecule has 0 aromatic heterocycles. The van der Waals surface area contributed by atoms with Gasteiger partial charge in [0.05, 0.1) is 12.1 Å². The van der Waals surface area contributed by atoms with Gasteiger partial charge < -0.3 is 51.0 Å². The molecule has 2 saturated heterocycles. The number of carbonyl (C=O) groups excluding carboxylic acids is 2. The van der Waals surface area contributed by atoms with Crippen molar-refractivity contribution in [1.29, 1.82) is 0 Å². The summed E-state index contributed by atoms with van der Waals surface area (Å²) >= 11 is 0. The molecule has 2 rings (SSSR count). The van der Waals surface area contributed by atoms with E-state index in [4.69, 9.17) is 19.9 Å². The highest BCUT2D eigenvalue weighted by Crippen LogP contribution is 2.28. The molecule has 13 nitrogen and oxygen atoms in total. The first-order chi connectivity index (χ1) is 13.4. The van der Waals surface area contributed by atoms with Gasteiger partial charge in [0.15, 0.2) is 18.7 Å². The van der Waals surface area contributed by atoms with Gasteiger partial charge in [-0.1, -0.05) is 0 Å². The zero-order valence-electron chi connectivity index (χ0n) is 16.1. The quantitative estimate of drug-likeness (QED) is 0.227. The summed E-state index contributed by atoms with van der Waals surface area (Å²) in [7, 11) is 0. The van der Waals surface area contributed by atoms with Crippen LogP contribution >= 0.6 is 0 Å². The summed E-state index contributed by atoms with van der Waals surface area (Å²) in [5.41, 5.74) is 6.09. The molecule has 0 unspecified atom stereocenters. The van der Waals surface area contributed by atoms with E-state index in [1.54, 1.807) is 6.92 Å². The molecule has 166 valence electrons. The topological polar surface area (TPSA) is 210 Å². The van der Waals surface area contributed by atoms with Crippen LogP contribution in [0, 0.1) is 0 Å². The van der Waals surface area contributed by atoms with Crippen LogP contribution in [0.15, 0.2) is 0 Å². The summed E-state index contributed by atoms with van der Waals surface area (Å²) in [6.45, 7) is 3.90. The Bertz CT molecular complexity index is 634. The van der Waals surface area contributed by atoms with Crippen LogP contribution in [0.25, 0.3) is 0 Å². The molecule has 2 amide bonds. The highest BCUT2D eigenvalue weighted by Gasteiger charge is 2.52. The fraction of sp³-hybridized carbons (Fsp3) is 0.812. The maximum Gasteiger partial charge on any atom is 0.335 e. The number of rotatable bonds is 5. The van der Waals surface area contributed by atoms with Crippen molar-refractivity contribution in [3.8, 4) is 0 Å². The van der Waals surface area contributed by atoms with Crippen LogP contribution in [-0.4, -0.2) is 99.4 Å². The SMILES string of the molecule is CC(=O)N[C@@H]1[C@@H](O[C@@H]2O[C@@H](C(=O)O)[C@H](O)[C@H](O)[C@H]2NC(C)=O)[C@@H](N)[C@@H](C)O[C@H]1O. The van der Waals surface area contributed by atoms with Crippen LogP contribution in [0.5, 0.6) is 0 Å². The summed E-state index contributed by atoms with van der Waals surface area (Å²) in [6, 6.07) is -3.39. The third-order valence-electron chi connectivity index (χ3n) is 4.81. The maximum atomic E-state index is 11.5. The zero-order valence-corrected chi connectivity index (χ0v) is 16.1. The normalized spacial score (nSPS) is 42.7. The van der Waals surface area contributed by atoms with Crippen LogP contribution in [0.1, 0.15) is 20.8 Å². The number of aliphatic hydroxyl groups excluding tert-OH is 3. The lowest BCUT2D eigenvalue weighted by atomic mass is 9.93. The first kappa shape index (κ1) is 23.4. The molecule has 13 heteroatoms. The Hall–Kier alpha value is -1.87. The summed E-state index contributed by atoms with van der Waals surface area (Å²) in [5, 5.41) is 44.6. The molecule has 0 radical (unpaired) electrons. The number of amides is 2. The average molecular weight is 421 g/mol. The third kappa shape index (κ3) is 5.19. The number of ether oxygens (including phenoxy) is 3. The van der Waals surface area contributed by atoms with Gasteiger partial charge in [-0.3, -0.25) is 9.59 Å². The van der Waals surface area contributed by atoms with Gasteiger partial charge in [-0.25, -0.2) is 4.79 Å². The van der Waals surface area contributed by atoms with E-state index in [0.29, 0.717) is 0 Å². The third-order valence-corrected chi connectivity index (χ3v) is 4.81. The number of nitrogens with two attached hydrogens (primary N) is 1. The number of aliphatic hydroxyl groups is 3. The zero-order chi connectivity index (χ0) is 22.0. The van der Waals surface area contributed by atoms with E-state index in [0.717, 1.165) is 6.92 Å². The fourth-order valence-corrected chi connectivity index (χ4v) is 3.35. The van der Waals surface area contributed by atoms with E-state index in [1.807, 2.05) is 0 Å². The predicted molar refractivity (Wildman–Crippen MR) is 92.9 cm³/mol. The number of carbonyl (C=O) groups is 3. The number of hydrogen-bond acceptors (Lipinski definition) is 10. The van der Waals surface area contributed by atoms with E-state index < -0.39 is 79.0 Å². The molecule has 0 bridgehead atoms. The van der Waals surface area contributed by atoms with Crippen LogP contribution in [0.2, 0.25) is 0 Å². The molecule has 0 saturated carbocycles. The van der Waals surface area contributed by atoms with Gasteiger partial charge in [0.25, 0.3) is 0 Å². The van der Waals surface area contributed by atoms with E-state index in [-0.39, 0.29) is 0 Å². The molecule has 0 spiro atoms. The van der Waals surface area contributed by atoms with Crippen molar-refractivity contribution < 1.29 is 49.0 Å². The monoisotopic (exact) mass is 421 g/mol. The molecule has 29 heavy (non-hydrogen) atoms. The molecular formula is C16H27N3O10. The highest BCUT2D eigenvalue weighted by atomic mass is 16.7.